The monoisotopic (exact) mass is 290 g/mol. The van der Waals surface area contributed by atoms with Crippen LogP contribution in [-0.4, -0.2) is 6.61 Å². The van der Waals surface area contributed by atoms with E-state index in [1.807, 2.05) is 18.2 Å². The summed E-state index contributed by atoms with van der Waals surface area (Å²) in [4.78, 5) is 0. The first-order valence-corrected chi connectivity index (χ1v) is 6.61. The molecule has 0 radical (unpaired) electrons. The second-order valence-corrected chi connectivity index (χ2v) is 4.85. The van der Waals surface area contributed by atoms with Gasteiger partial charge in [-0.1, -0.05) is 47.4 Å². The zero-order chi connectivity index (χ0) is 11.3. The molecular weight excluding hydrogens is 275 g/mol. The van der Waals surface area contributed by atoms with E-state index in [0.29, 0.717) is 5.92 Å². The standard InChI is InChI=1S/C12H16BrClO/c1-9(2)6-7-15-12-5-3-4-11(14)10(12)8-13/h3-5,9H,6-8H2,1-2H3. The Balaban J connectivity index is 2.64. The molecule has 0 aromatic heterocycles. The third-order valence-corrected chi connectivity index (χ3v) is 3.08. The third-order valence-electron chi connectivity index (χ3n) is 2.16. The van der Waals surface area contributed by atoms with Gasteiger partial charge in [0.15, 0.2) is 0 Å². The van der Waals surface area contributed by atoms with Gasteiger partial charge in [0.1, 0.15) is 5.75 Å². The summed E-state index contributed by atoms with van der Waals surface area (Å²) in [6.45, 7) is 5.12. The van der Waals surface area contributed by atoms with E-state index < -0.39 is 0 Å². The molecule has 0 N–H and O–H groups in total. The molecule has 1 rings (SSSR count). The fourth-order valence-corrected chi connectivity index (χ4v) is 2.18. The first-order valence-electron chi connectivity index (χ1n) is 5.11. The molecule has 0 aliphatic carbocycles. The van der Waals surface area contributed by atoms with Crippen LogP contribution in [0.2, 0.25) is 5.02 Å². The third kappa shape index (κ3) is 4.04. The van der Waals surface area contributed by atoms with Gasteiger partial charge in [-0.15, -0.1) is 0 Å². The van der Waals surface area contributed by atoms with Crippen molar-refractivity contribution in [3.05, 3.63) is 28.8 Å². The molecule has 0 unspecified atom stereocenters. The molecular formula is C12H16BrClO. The Kier molecular flexibility index (Phi) is 5.48. The number of alkyl halides is 1. The summed E-state index contributed by atoms with van der Waals surface area (Å²) in [6, 6.07) is 5.76. The number of halogens is 2. The minimum atomic E-state index is 0.664. The van der Waals surface area contributed by atoms with Crippen LogP contribution in [0.25, 0.3) is 0 Å². The number of hydrogen-bond acceptors (Lipinski definition) is 1. The van der Waals surface area contributed by atoms with E-state index in [9.17, 15) is 0 Å². The summed E-state index contributed by atoms with van der Waals surface area (Å²) in [6.07, 6.45) is 1.06. The summed E-state index contributed by atoms with van der Waals surface area (Å²) in [5, 5.41) is 1.48. The van der Waals surface area contributed by atoms with E-state index in [-0.39, 0.29) is 0 Å². The summed E-state index contributed by atoms with van der Waals surface area (Å²) >= 11 is 9.48. The average molecular weight is 292 g/mol. The van der Waals surface area contributed by atoms with Crippen LogP contribution >= 0.6 is 27.5 Å². The molecule has 1 nitrogen and oxygen atoms in total. The molecule has 0 fully saturated rings. The van der Waals surface area contributed by atoms with Gasteiger partial charge in [0.2, 0.25) is 0 Å². The highest BCUT2D eigenvalue weighted by Gasteiger charge is 2.06. The smallest absolute Gasteiger partial charge is 0.124 e. The fourth-order valence-electron chi connectivity index (χ4n) is 1.21. The zero-order valence-corrected chi connectivity index (χ0v) is 11.4. The Labute approximate surface area is 105 Å². The maximum Gasteiger partial charge on any atom is 0.124 e. The molecule has 0 spiro atoms. The van der Waals surface area contributed by atoms with Crippen molar-refractivity contribution < 1.29 is 4.74 Å². The van der Waals surface area contributed by atoms with E-state index in [1.165, 1.54) is 0 Å². The van der Waals surface area contributed by atoms with Crippen LogP contribution in [-0.2, 0) is 5.33 Å². The van der Waals surface area contributed by atoms with Gasteiger partial charge in [0, 0.05) is 15.9 Å². The molecule has 0 saturated carbocycles. The van der Waals surface area contributed by atoms with Crippen molar-refractivity contribution in [1.82, 2.24) is 0 Å². The van der Waals surface area contributed by atoms with Crippen molar-refractivity contribution in [1.29, 1.82) is 0 Å². The van der Waals surface area contributed by atoms with Crippen molar-refractivity contribution in [3.8, 4) is 5.75 Å². The summed E-state index contributed by atoms with van der Waals surface area (Å²) in [7, 11) is 0. The van der Waals surface area contributed by atoms with Gasteiger partial charge in [-0.05, 0) is 24.5 Å². The van der Waals surface area contributed by atoms with E-state index in [1.54, 1.807) is 0 Å². The average Bonchev–Trinajstić information content (AvgIpc) is 2.17. The number of ether oxygens (including phenoxy) is 1. The topological polar surface area (TPSA) is 9.23 Å². The Morgan fingerprint density at radius 2 is 2.13 bits per heavy atom. The quantitative estimate of drug-likeness (QED) is 0.717. The summed E-state index contributed by atoms with van der Waals surface area (Å²) < 4.78 is 5.71. The normalized spacial score (nSPS) is 10.7. The fraction of sp³-hybridized carbons (Fsp3) is 0.500. The van der Waals surface area contributed by atoms with Crippen molar-refractivity contribution in [2.75, 3.05) is 6.61 Å². The number of rotatable bonds is 5. The molecule has 0 heterocycles. The molecule has 0 aliphatic heterocycles. The lowest BCUT2D eigenvalue weighted by Crippen LogP contribution is -2.03. The number of benzene rings is 1. The van der Waals surface area contributed by atoms with Crippen LogP contribution in [0, 0.1) is 5.92 Å². The highest BCUT2D eigenvalue weighted by atomic mass is 79.9. The summed E-state index contributed by atoms with van der Waals surface area (Å²) in [5.74, 6) is 1.55. The maximum absolute atomic E-state index is 6.06. The second kappa shape index (κ2) is 6.39. The molecule has 1 aromatic carbocycles. The Morgan fingerprint density at radius 1 is 1.40 bits per heavy atom. The minimum Gasteiger partial charge on any atom is -0.493 e. The van der Waals surface area contributed by atoms with E-state index >= 15 is 0 Å². The van der Waals surface area contributed by atoms with Crippen molar-refractivity contribution in [3.63, 3.8) is 0 Å². The van der Waals surface area contributed by atoms with Crippen LogP contribution in [0.15, 0.2) is 18.2 Å². The lowest BCUT2D eigenvalue weighted by Gasteiger charge is -2.12. The van der Waals surface area contributed by atoms with E-state index in [4.69, 9.17) is 16.3 Å². The second-order valence-electron chi connectivity index (χ2n) is 3.88. The van der Waals surface area contributed by atoms with Gasteiger partial charge >= 0.3 is 0 Å². The predicted octanol–water partition coefficient (Wildman–Crippen LogP) is 4.66. The van der Waals surface area contributed by atoms with Crippen LogP contribution in [0.5, 0.6) is 5.75 Å². The maximum atomic E-state index is 6.06. The van der Waals surface area contributed by atoms with Gasteiger partial charge in [-0.25, -0.2) is 0 Å². The molecule has 0 aliphatic rings. The largest absolute Gasteiger partial charge is 0.493 e. The van der Waals surface area contributed by atoms with Gasteiger partial charge in [0.05, 0.1) is 6.61 Å². The Bertz CT molecular complexity index is 312. The SMILES string of the molecule is CC(C)CCOc1cccc(Cl)c1CBr. The highest BCUT2D eigenvalue weighted by molar-refractivity contribution is 9.08. The molecule has 15 heavy (non-hydrogen) atoms. The van der Waals surface area contributed by atoms with E-state index in [2.05, 4.69) is 29.8 Å². The zero-order valence-electron chi connectivity index (χ0n) is 9.09. The first kappa shape index (κ1) is 12.9. The lowest BCUT2D eigenvalue weighted by atomic mass is 10.1. The van der Waals surface area contributed by atoms with Crippen molar-refractivity contribution in [2.45, 2.75) is 25.6 Å². The molecule has 0 bridgehead atoms. The minimum absolute atomic E-state index is 0.664. The van der Waals surface area contributed by atoms with Crippen LogP contribution < -0.4 is 4.74 Å². The molecule has 3 heteroatoms. The Hall–Kier alpha value is -0.210. The van der Waals surface area contributed by atoms with Gasteiger partial charge in [0.25, 0.3) is 0 Å². The predicted molar refractivity (Wildman–Crippen MR) is 69.0 cm³/mol. The van der Waals surface area contributed by atoms with Crippen molar-refractivity contribution >= 4 is 27.5 Å². The molecule has 0 atom stereocenters. The molecule has 0 amide bonds. The van der Waals surface area contributed by atoms with Crippen LogP contribution in [0.3, 0.4) is 0 Å². The lowest BCUT2D eigenvalue weighted by molar-refractivity contribution is 0.287. The molecule has 0 saturated heterocycles. The van der Waals surface area contributed by atoms with Gasteiger partial charge < -0.3 is 4.74 Å². The summed E-state index contributed by atoms with van der Waals surface area (Å²) in [5.41, 5.74) is 1.03. The van der Waals surface area contributed by atoms with Gasteiger partial charge in [-0.2, -0.15) is 0 Å². The highest BCUT2D eigenvalue weighted by Crippen LogP contribution is 2.28. The van der Waals surface area contributed by atoms with E-state index in [0.717, 1.165) is 34.7 Å². The van der Waals surface area contributed by atoms with Crippen LogP contribution in [0.4, 0.5) is 0 Å². The Morgan fingerprint density at radius 3 is 2.73 bits per heavy atom. The molecule has 1 aromatic rings. The first-order chi connectivity index (χ1) is 7.15. The van der Waals surface area contributed by atoms with Crippen LogP contribution in [0.1, 0.15) is 25.8 Å². The molecule has 84 valence electrons. The van der Waals surface area contributed by atoms with Gasteiger partial charge in [-0.3, -0.25) is 0 Å². The number of hydrogen-bond donors (Lipinski definition) is 0. The van der Waals surface area contributed by atoms with Crippen molar-refractivity contribution in [2.24, 2.45) is 5.92 Å².